The fourth-order valence-corrected chi connectivity index (χ4v) is 5.03. The molecule has 2 aromatic carbocycles. The van der Waals surface area contributed by atoms with Crippen LogP contribution in [0, 0.1) is 6.92 Å². The van der Waals surface area contributed by atoms with Crippen LogP contribution >= 0.6 is 22.7 Å². The Bertz CT molecular complexity index is 1300. The Morgan fingerprint density at radius 1 is 0.875 bits per heavy atom. The highest BCUT2D eigenvalue weighted by Crippen LogP contribution is 2.39. The van der Waals surface area contributed by atoms with E-state index in [0.717, 1.165) is 16.0 Å². The van der Waals surface area contributed by atoms with Gasteiger partial charge in [0.05, 0.1) is 10.4 Å². The number of primary amides is 1. The van der Waals surface area contributed by atoms with Gasteiger partial charge in [0.2, 0.25) is 0 Å². The van der Waals surface area contributed by atoms with Gasteiger partial charge in [-0.15, -0.1) is 22.7 Å². The van der Waals surface area contributed by atoms with Crippen molar-refractivity contribution in [2.24, 2.45) is 5.73 Å². The van der Waals surface area contributed by atoms with Gasteiger partial charge in [0.25, 0.3) is 17.7 Å². The van der Waals surface area contributed by atoms with Crippen molar-refractivity contribution >= 4 is 51.1 Å². The molecule has 32 heavy (non-hydrogen) atoms. The van der Waals surface area contributed by atoms with E-state index in [9.17, 15) is 14.4 Å². The number of amides is 3. The quantitative estimate of drug-likeness (QED) is 0.359. The largest absolute Gasteiger partial charge is 0.365 e. The van der Waals surface area contributed by atoms with E-state index in [1.54, 1.807) is 36.4 Å². The van der Waals surface area contributed by atoms with E-state index in [0.29, 0.717) is 21.1 Å². The first-order chi connectivity index (χ1) is 15.4. The zero-order valence-electron chi connectivity index (χ0n) is 17.0. The topological polar surface area (TPSA) is 101 Å². The molecule has 2 heterocycles. The molecule has 0 fully saturated rings. The summed E-state index contributed by atoms with van der Waals surface area (Å²) in [5.74, 6) is -1.25. The van der Waals surface area contributed by atoms with Crippen molar-refractivity contribution < 1.29 is 14.4 Å². The lowest BCUT2D eigenvalue weighted by Gasteiger charge is -2.09. The molecule has 4 N–H and O–H groups in total. The van der Waals surface area contributed by atoms with Gasteiger partial charge in [-0.1, -0.05) is 42.5 Å². The van der Waals surface area contributed by atoms with E-state index in [1.165, 1.54) is 22.7 Å². The molecule has 0 atom stereocenters. The molecule has 0 bridgehead atoms. The first-order valence-corrected chi connectivity index (χ1v) is 11.4. The van der Waals surface area contributed by atoms with Gasteiger partial charge in [0.15, 0.2) is 0 Å². The lowest BCUT2D eigenvalue weighted by atomic mass is 10.0. The van der Waals surface area contributed by atoms with Gasteiger partial charge in [-0.2, -0.15) is 0 Å². The van der Waals surface area contributed by atoms with Crippen molar-refractivity contribution in [2.45, 2.75) is 6.92 Å². The second-order valence-electron chi connectivity index (χ2n) is 6.93. The van der Waals surface area contributed by atoms with E-state index < -0.39 is 11.8 Å². The molecule has 8 heteroatoms. The van der Waals surface area contributed by atoms with Crippen LogP contribution < -0.4 is 16.4 Å². The van der Waals surface area contributed by atoms with Crippen LogP contribution in [0.25, 0.3) is 11.1 Å². The van der Waals surface area contributed by atoms with Crippen molar-refractivity contribution in [3.8, 4) is 11.1 Å². The SMILES string of the molecule is Cc1sc(NC(=O)c2cccc(NC(=O)c3cccs3)c2)c(C(N)=O)c1-c1ccccc1. The highest BCUT2D eigenvalue weighted by molar-refractivity contribution is 7.17. The van der Waals surface area contributed by atoms with E-state index in [1.807, 2.05) is 42.6 Å². The van der Waals surface area contributed by atoms with Crippen LogP contribution in [0.3, 0.4) is 0 Å². The fraction of sp³-hybridized carbons (Fsp3) is 0.0417. The van der Waals surface area contributed by atoms with E-state index in [4.69, 9.17) is 5.73 Å². The number of carbonyl (C=O) groups excluding carboxylic acids is 3. The number of hydrogen-bond acceptors (Lipinski definition) is 5. The summed E-state index contributed by atoms with van der Waals surface area (Å²) in [6.07, 6.45) is 0. The zero-order valence-corrected chi connectivity index (χ0v) is 18.7. The van der Waals surface area contributed by atoms with Crippen molar-refractivity contribution in [3.63, 3.8) is 0 Å². The fourth-order valence-electron chi connectivity index (χ4n) is 3.33. The Hall–Kier alpha value is -3.75. The maximum absolute atomic E-state index is 12.9. The van der Waals surface area contributed by atoms with Crippen LogP contribution in [0.2, 0.25) is 0 Å². The molecule has 0 spiro atoms. The summed E-state index contributed by atoms with van der Waals surface area (Å²) >= 11 is 2.63. The normalized spacial score (nSPS) is 10.5. The zero-order chi connectivity index (χ0) is 22.7. The molecule has 3 amide bonds. The van der Waals surface area contributed by atoms with Crippen molar-refractivity contribution in [1.82, 2.24) is 0 Å². The molecule has 4 aromatic rings. The van der Waals surface area contributed by atoms with Crippen molar-refractivity contribution in [3.05, 3.63) is 93.0 Å². The highest BCUT2D eigenvalue weighted by atomic mass is 32.1. The minimum absolute atomic E-state index is 0.241. The van der Waals surface area contributed by atoms with E-state index >= 15 is 0 Å². The molecule has 0 saturated heterocycles. The summed E-state index contributed by atoms with van der Waals surface area (Å²) in [5.41, 5.74) is 8.38. The maximum atomic E-state index is 12.9. The lowest BCUT2D eigenvalue weighted by Crippen LogP contribution is -2.17. The molecule has 2 aromatic heterocycles. The number of nitrogens with one attached hydrogen (secondary N) is 2. The smallest absolute Gasteiger partial charge is 0.265 e. The minimum atomic E-state index is -0.611. The Labute approximate surface area is 192 Å². The average molecular weight is 462 g/mol. The Morgan fingerprint density at radius 3 is 2.34 bits per heavy atom. The van der Waals surface area contributed by atoms with E-state index in [2.05, 4.69) is 10.6 Å². The molecule has 0 aliphatic carbocycles. The number of carbonyl (C=O) groups is 3. The third kappa shape index (κ3) is 4.46. The van der Waals surface area contributed by atoms with Crippen molar-refractivity contribution in [1.29, 1.82) is 0 Å². The molecule has 160 valence electrons. The highest BCUT2D eigenvalue weighted by Gasteiger charge is 2.23. The molecule has 0 aliphatic heterocycles. The predicted molar refractivity (Wildman–Crippen MR) is 130 cm³/mol. The molecule has 0 aliphatic rings. The number of thiophene rings is 2. The van der Waals surface area contributed by atoms with Gasteiger partial charge in [0, 0.05) is 21.7 Å². The molecular formula is C24H19N3O3S2. The Balaban J connectivity index is 1.60. The van der Waals surface area contributed by atoms with Gasteiger partial charge < -0.3 is 16.4 Å². The Morgan fingerprint density at radius 2 is 1.66 bits per heavy atom. The van der Waals surface area contributed by atoms with Gasteiger partial charge in [-0.3, -0.25) is 14.4 Å². The molecule has 4 rings (SSSR count). The molecule has 6 nitrogen and oxygen atoms in total. The number of benzene rings is 2. The standard InChI is InChI=1S/C24H19N3O3S2/c1-14-19(15-7-3-2-4-8-15)20(21(25)28)24(32-14)27-22(29)16-9-5-10-17(13-16)26-23(30)18-11-6-12-31-18/h2-13H,1H3,(H2,25,28)(H,26,30)(H,27,29). The van der Waals surface area contributed by atoms with Gasteiger partial charge in [-0.05, 0) is 42.1 Å². The summed E-state index contributed by atoms with van der Waals surface area (Å²) in [5, 5.41) is 7.82. The molecule has 0 unspecified atom stereocenters. The van der Waals surface area contributed by atoms with Crippen LogP contribution in [0.1, 0.15) is 35.3 Å². The number of aryl methyl sites for hydroxylation is 1. The van der Waals surface area contributed by atoms with Gasteiger partial charge >= 0.3 is 0 Å². The summed E-state index contributed by atoms with van der Waals surface area (Å²) in [4.78, 5) is 39.0. The summed E-state index contributed by atoms with van der Waals surface area (Å²) in [7, 11) is 0. The van der Waals surface area contributed by atoms with E-state index in [-0.39, 0.29) is 11.5 Å². The third-order valence-corrected chi connectivity index (χ3v) is 6.64. The first kappa shape index (κ1) is 21.5. The number of nitrogens with two attached hydrogens (primary N) is 1. The summed E-state index contributed by atoms with van der Waals surface area (Å²) in [6.45, 7) is 1.88. The van der Waals surface area contributed by atoms with Gasteiger partial charge in [0.1, 0.15) is 5.00 Å². The van der Waals surface area contributed by atoms with Crippen molar-refractivity contribution in [2.75, 3.05) is 10.6 Å². The third-order valence-electron chi connectivity index (χ3n) is 4.75. The van der Waals surface area contributed by atoms with Crippen LogP contribution in [-0.2, 0) is 0 Å². The predicted octanol–water partition coefficient (Wildman–Crippen LogP) is 5.39. The minimum Gasteiger partial charge on any atom is -0.365 e. The second-order valence-corrected chi connectivity index (χ2v) is 9.11. The maximum Gasteiger partial charge on any atom is 0.265 e. The van der Waals surface area contributed by atoms with Crippen LogP contribution in [0.4, 0.5) is 10.7 Å². The van der Waals surface area contributed by atoms with Gasteiger partial charge in [-0.25, -0.2) is 0 Å². The molecule has 0 radical (unpaired) electrons. The monoisotopic (exact) mass is 461 g/mol. The average Bonchev–Trinajstić information content (AvgIpc) is 3.42. The van der Waals surface area contributed by atoms with Crippen LogP contribution in [-0.4, -0.2) is 17.7 Å². The van der Waals surface area contributed by atoms with Crippen LogP contribution in [0.5, 0.6) is 0 Å². The summed E-state index contributed by atoms with van der Waals surface area (Å²) in [6, 6.07) is 19.6. The summed E-state index contributed by atoms with van der Waals surface area (Å²) < 4.78 is 0. The van der Waals surface area contributed by atoms with Crippen LogP contribution in [0.15, 0.2) is 72.1 Å². The molecule has 0 saturated carbocycles. The first-order valence-electron chi connectivity index (χ1n) is 9.69. The number of hydrogen-bond donors (Lipinski definition) is 3. The number of anilines is 2. The Kier molecular flexibility index (Phi) is 6.16. The number of rotatable bonds is 6. The lowest BCUT2D eigenvalue weighted by molar-refractivity contribution is 0.0999. The molecular weight excluding hydrogens is 442 g/mol. The second kappa shape index (κ2) is 9.17.